The number of rotatable bonds is 4. The normalized spacial score (nSPS) is 14.4. The van der Waals surface area contributed by atoms with Crippen molar-refractivity contribution in [3.63, 3.8) is 0 Å². The summed E-state index contributed by atoms with van der Waals surface area (Å²) in [5.41, 5.74) is 22.2. The SMILES string of the molecule is CC1(C)c2ccccc2-c2ccc(N(c3ccccc3-c3ccccc3)c3cc4c(c5c3oc3ccccc35)-c3ccccc3C43c4ccccc4-c4ccccc43)cc21. The predicted molar refractivity (Wildman–Crippen MR) is 248 cm³/mol. The van der Waals surface area contributed by atoms with Gasteiger partial charge in [0.15, 0.2) is 5.58 Å². The van der Waals surface area contributed by atoms with Gasteiger partial charge in [0.05, 0.1) is 16.8 Å². The summed E-state index contributed by atoms with van der Waals surface area (Å²) in [6.45, 7) is 4.74. The van der Waals surface area contributed by atoms with Crippen LogP contribution in [0.2, 0.25) is 0 Å². The number of hydrogen-bond acceptors (Lipinski definition) is 2. The van der Waals surface area contributed by atoms with Crippen LogP contribution in [0.3, 0.4) is 0 Å². The molecule has 282 valence electrons. The van der Waals surface area contributed by atoms with E-state index in [1.54, 1.807) is 0 Å². The van der Waals surface area contributed by atoms with E-state index in [2.05, 4.69) is 219 Å². The first-order chi connectivity index (χ1) is 29.5. The van der Waals surface area contributed by atoms with Crippen molar-refractivity contribution in [2.75, 3.05) is 4.90 Å². The van der Waals surface area contributed by atoms with Crippen LogP contribution >= 0.6 is 0 Å². The van der Waals surface area contributed by atoms with Gasteiger partial charge in [0.1, 0.15) is 5.58 Å². The molecule has 0 radical (unpaired) electrons. The van der Waals surface area contributed by atoms with Gasteiger partial charge in [-0.15, -0.1) is 0 Å². The quantitative estimate of drug-likeness (QED) is 0.177. The van der Waals surface area contributed by atoms with Crippen LogP contribution in [0.5, 0.6) is 0 Å². The molecule has 0 bridgehead atoms. The van der Waals surface area contributed by atoms with Gasteiger partial charge in [0.2, 0.25) is 0 Å². The van der Waals surface area contributed by atoms with Crippen LogP contribution in [-0.2, 0) is 10.8 Å². The zero-order chi connectivity index (χ0) is 39.7. The largest absolute Gasteiger partial charge is 0.454 e. The lowest BCUT2D eigenvalue weighted by Crippen LogP contribution is -2.26. The van der Waals surface area contributed by atoms with Gasteiger partial charge in [-0.3, -0.25) is 0 Å². The molecule has 60 heavy (non-hydrogen) atoms. The Morgan fingerprint density at radius 3 is 1.65 bits per heavy atom. The summed E-state index contributed by atoms with van der Waals surface area (Å²) in [7, 11) is 0. The summed E-state index contributed by atoms with van der Waals surface area (Å²) < 4.78 is 7.23. The summed E-state index contributed by atoms with van der Waals surface area (Å²) >= 11 is 0. The lowest BCUT2D eigenvalue weighted by atomic mass is 9.70. The number of fused-ring (bicyclic) bond motifs is 17. The van der Waals surface area contributed by atoms with Gasteiger partial charge in [-0.25, -0.2) is 0 Å². The number of nitrogens with zero attached hydrogens (tertiary/aromatic N) is 1. The number of benzene rings is 9. The third kappa shape index (κ3) is 4.22. The van der Waals surface area contributed by atoms with Gasteiger partial charge in [-0.05, 0) is 103 Å². The zero-order valence-electron chi connectivity index (χ0n) is 33.4. The van der Waals surface area contributed by atoms with Crippen LogP contribution in [0.1, 0.15) is 47.2 Å². The van der Waals surface area contributed by atoms with Crippen molar-refractivity contribution in [3.05, 3.63) is 234 Å². The Labute approximate surface area is 349 Å². The molecule has 3 aliphatic carbocycles. The Morgan fingerprint density at radius 1 is 0.400 bits per heavy atom. The van der Waals surface area contributed by atoms with Crippen LogP contribution in [0, 0.1) is 0 Å². The van der Waals surface area contributed by atoms with Gasteiger partial charge in [0.25, 0.3) is 0 Å². The highest BCUT2D eigenvalue weighted by Gasteiger charge is 2.53. The second-order valence-electron chi connectivity index (χ2n) is 17.1. The molecule has 13 rings (SSSR count). The van der Waals surface area contributed by atoms with E-state index < -0.39 is 5.41 Å². The van der Waals surface area contributed by atoms with Crippen LogP contribution in [0.15, 0.2) is 205 Å². The van der Waals surface area contributed by atoms with Crippen LogP contribution in [0.4, 0.5) is 17.1 Å². The van der Waals surface area contributed by atoms with Gasteiger partial charge in [-0.2, -0.15) is 0 Å². The molecular weight excluding hydrogens is 727 g/mol. The smallest absolute Gasteiger partial charge is 0.160 e. The van der Waals surface area contributed by atoms with Crippen molar-refractivity contribution < 1.29 is 4.42 Å². The molecule has 0 atom stereocenters. The summed E-state index contributed by atoms with van der Waals surface area (Å²) in [4.78, 5) is 2.50. The van der Waals surface area contributed by atoms with Gasteiger partial charge in [-0.1, -0.05) is 184 Å². The number of anilines is 3. The van der Waals surface area contributed by atoms with E-state index in [1.807, 2.05) is 0 Å². The molecule has 1 heterocycles. The van der Waals surface area contributed by atoms with Crippen molar-refractivity contribution in [1.29, 1.82) is 0 Å². The van der Waals surface area contributed by atoms with Crippen molar-refractivity contribution >= 4 is 39.0 Å². The highest BCUT2D eigenvalue weighted by Crippen LogP contribution is 2.66. The zero-order valence-corrected chi connectivity index (χ0v) is 33.4. The molecule has 0 saturated carbocycles. The topological polar surface area (TPSA) is 16.4 Å². The van der Waals surface area contributed by atoms with Gasteiger partial charge < -0.3 is 9.32 Å². The summed E-state index contributed by atoms with van der Waals surface area (Å²) in [5, 5.41) is 2.28. The Morgan fingerprint density at radius 2 is 0.933 bits per heavy atom. The third-order valence-corrected chi connectivity index (χ3v) is 13.9. The first-order valence-electron chi connectivity index (χ1n) is 21.0. The first-order valence-corrected chi connectivity index (χ1v) is 21.0. The second-order valence-corrected chi connectivity index (χ2v) is 17.1. The van der Waals surface area contributed by atoms with Crippen LogP contribution < -0.4 is 4.90 Å². The molecule has 0 fully saturated rings. The van der Waals surface area contributed by atoms with E-state index in [1.165, 1.54) is 66.8 Å². The Hall–Kier alpha value is -7.42. The molecule has 0 aliphatic heterocycles. The van der Waals surface area contributed by atoms with E-state index in [-0.39, 0.29) is 5.41 Å². The van der Waals surface area contributed by atoms with Crippen molar-refractivity contribution in [3.8, 4) is 44.5 Å². The van der Waals surface area contributed by atoms with Gasteiger partial charge in [0, 0.05) is 27.4 Å². The molecule has 0 unspecified atom stereocenters. The second kappa shape index (κ2) is 12.1. The lowest BCUT2D eigenvalue weighted by molar-refractivity contribution is 0.660. The number of para-hydroxylation sites is 2. The predicted octanol–water partition coefficient (Wildman–Crippen LogP) is 15.4. The fraction of sp³-hybridized carbons (Fsp3) is 0.0690. The van der Waals surface area contributed by atoms with E-state index >= 15 is 0 Å². The summed E-state index contributed by atoms with van der Waals surface area (Å²) in [6.07, 6.45) is 0. The standard InChI is InChI=1S/C58H39NO/c1-57(2)45-26-12-6-21-39(45)42-33-32-37(34-49(42)57)59(51-30-16-10-20-38(51)36-18-4-3-5-19-36)52-35-50-54(55-44-25-11-17-31-53(44)60-56(52)55)43-24-9-15-29-48(43)58(50)46-27-13-7-22-40(46)41-23-8-14-28-47(41)58/h3-35H,1-2H3. The number of hydrogen-bond donors (Lipinski definition) is 0. The summed E-state index contributed by atoms with van der Waals surface area (Å²) in [6, 6.07) is 74.0. The number of furan rings is 1. The van der Waals surface area contributed by atoms with E-state index in [9.17, 15) is 0 Å². The Bertz CT molecular complexity index is 3380. The highest BCUT2D eigenvalue weighted by molar-refractivity contribution is 6.20. The molecule has 1 aromatic heterocycles. The average molecular weight is 766 g/mol. The minimum atomic E-state index is -0.535. The highest BCUT2D eigenvalue weighted by atomic mass is 16.3. The lowest BCUT2D eigenvalue weighted by Gasteiger charge is -2.33. The molecule has 3 aliphatic rings. The van der Waals surface area contributed by atoms with E-state index in [0.29, 0.717) is 0 Å². The average Bonchev–Trinajstić information content (AvgIpc) is 3.99. The van der Waals surface area contributed by atoms with Crippen molar-refractivity contribution in [1.82, 2.24) is 0 Å². The molecular formula is C58H39NO. The molecule has 9 aromatic carbocycles. The van der Waals surface area contributed by atoms with E-state index in [0.717, 1.165) is 50.1 Å². The van der Waals surface area contributed by atoms with E-state index in [4.69, 9.17) is 4.42 Å². The maximum absolute atomic E-state index is 7.23. The first kappa shape index (κ1) is 33.5. The molecule has 2 heteroatoms. The van der Waals surface area contributed by atoms with Crippen molar-refractivity contribution in [2.45, 2.75) is 24.7 Å². The minimum absolute atomic E-state index is 0.178. The fourth-order valence-corrected chi connectivity index (χ4v) is 11.4. The fourth-order valence-electron chi connectivity index (χ4n) is 11.4. The Kier molecular flexibility index (Phi) is 6.74. The molecule has 0 amide bonds. The summed E-state index contributed by atoms with van der Waals surface area (Å²) in [5.74, 6) is 0. The third-order valence-electron chi connectivity index (χ3n) is 13.9. The Balaban J connectivity index is 1.20. The molecule has 0 N–H and O–H groups in total. The molecule has 1 spiro atoms. The maximum atomic E-state index is 7.23. The molecule has 10 aromatic rings. The monoisotopic (exact) mass is 765 g/mol. The molecule has 2 nitrogen and oxygen atoms in total. The molecule has 0 saturated heterocycles. The van der Waals surface area contributed by atoms with Crippen LogP contribution in [0.25, 0.3) is 66.4 Å². The maximum Gasteiger partial charge on any atom is 0.160 e. The van der Waals surface area contributed by atoms with Crippen molar-refractivity contribution in [2.24, 2.45) is 0 Å². The minimum Gasteiger partial charge on any atom is -0.454 e. The van der Waals surface area contributed by atoms with Gasteiger partial charge >= 0.3 is 0 Å². The van der Waals surface area contributed by atoms with Crippen LogP contribution in [-0.4, -0.2) is 0 Å².